The topological polar surface area (TPSA) is 165 Å². The Hall–Kier alpha value is -5.44. The van der Waals surface area contributed by atoms with Crippen LogP contribution in [0.2, 0.25) is 5.02 Å². The maximum Gasteiger partial charge on any atom is 0.412 e. The fourth-order valence-electron chi connectivity index (χ4n) is 7.04. The van der Waals surface area contributed by atoms with E-state index in [-0.39, 0.29) is 41.8 Å². The summed E-state index contributed by atoms with van der Waals surface area (Å²) in [4.78, 5) is 42.6. The Morgan fingerprint density at radius 2 is 1.75 bits per heavy atom. The molecule has 4 aromatic carbocycles. The maximum absolute atomic E-state index is 13.1. The number of nitrogens with zero attached hydrogens (tertiary/aromatic N) is 1. The number of hydrogen-bond acceptors (Lipinski definition) is 10. The summed E-state index contributed by atoms with van der Waals surface area (Å²) in [5.41, 5.74) is 3.62. The fraction of sp³-hybridized carbons (Fsp3) is 0.262. The molecule has 0 bridgehead atoms. The monoisotopic (exact) mass is 795 g/mol. The number of phenolic OH excluding ortho intramolecular Hbond substituents is 1. The lowest BCUT2D eigenvalue weighted by Crippen LogP contribution is -2.39. The molecule has 2 aromatic heterocycles. The third-order valence-electron chi connectivity index (χ3n) is 9.90. The van der Waals surface area contributed by atoms with Crippen LogP contribution in [0, 0.1) is 0 Å². The minimum atomic E-state index is -0.937. The van der Waals surface area contributed by atoms with E-state index in [1.165, 1.54) is 30.6 Å². The quantitative estimate of drug-likeness (QED) is 0.0689. The van der Waals surface area contributed by atoms with Gasteiger partial charge < -0.3 is 40.2 Å². The Kier molecular flexibility index (Phi) is 12.2. The highest BCUT2D eigenvalue weighted by atomic mass is 35.5. The number of likely N-dealkylation sites (tertiary alicyclic amines) is 1. The molecule has 0 aliphatic carbocycles. The van der Waals surface area contributed by atoms with E-state index in [0.29, 0.717) is 66.4 Å². The van der Waals surface area contributed by atoms with Crippen molar-refractivity contribution in [1.29, 1.82) is 0 Å². The molecule has 1 unspecified atom stereocenters. The number of rotatable bonds is 13. The van der Waals surface area contributed by atoms with Gasteiger partial charge in [-0.15, -0.1) is 11.3 Å². The lowest BCUT2D eigenvalue weighted by atomic mass is 10.0. The molecule has 0 spiro atoms. The molecule has 14 heteroatoms. The Balaban J connectivity index is 0.866. The molecule has 7 rings (SSSR count). The third-order valence-corrected chi connectivity index (χ3v) is 11.3. The highest BCUT2D eigenvalue weighted by Gasteiger charge is 2.24. The van der Waals surface area contributed by atoms with E-state index in [9.17, 15) is 24.6 Å². The summed E-state index contributed by atoms with van der Waals surface area (Å²) >= 11 is 8.12. The molecule has 1 atom stereocenters. The second-order valence-electron chi connectivity index (χ2n) is 13.6. The van der Waals surface area contributed by atoms with Gasteiger partial charge in [0, 0.05) is 77.9 Å². The molecule has 0 saturated carbocycles. The van der Waals surface area contributed by atoms with Gasteiger partial charge in [-0.05, 0) is 48.2 Å². The van der Waals surface area contributed by atoms with Gasteiger partial charge in [0.15, 0.2) is 0 Å². The van der Waals surface area contributed by atoms with Crippen LogP contribution in [0.3, 0.4) is 0 Å². The van der Waals surface area contributed by atoms with Gasteiger partial charge in [-0.2, -0.15) is 0 Å². The SMILES string of the molecule is COc1cc(NC(=O)CCN2CCC(OC(=O)Nc3sc4ccccc4c3-c3ccccc3)CC2)c(Cl)cc1CNCC(O)c1ccc(O)c2[nH]c(=O)ccc12. The molecule has 1 aliphatic rings. The molecule has 1 aliphatic heterocycles. The third kappa shape index (κ3) is 8.99. The van der Waals surface area contributed by atoms with Crippen LogP contribution < -0.4 is 26.2 Å². The van der Waals surface area contributed by atoms with E-state index in [2.05, 4.69) is 31.9 Å². The second-order valence-corrected chi connectivity index (χ2v) is 15.1. The number of benzene rings is 4. The van der Waals surface area contributed by atoms with E-state index in [1.807, 2.05) is 48.5 Å². The summed E-state index contributed by atoms with van der Waals surface area (Å²) in [6, 6.07) is 27.4. The number of piperidine rings is 1. The van der Waals surface area contributed by atoms with Gasteiger partial charge in [-0.25, -0.2) is 4.79 Å². The van der Waals surface area contributed by atoms with E-state index < -0.39 is 12.2 Å². The zero-order valence-corrected chi connectivity index (χ0v) is 32.2. The van der Waals surface area contributed by atoms with Crippen molar-refractivity contribution in [3.63, 3.8) is 0 Å². The molecule has 1 saturated heterocycles. The van der Waals surface area contributed by atoms with Crippen molar-refractivity contribution in [2.24, 2.45) is 0 Å². The van der Waals surface area contributed by atoms with Crippen LogP contribution >= 0.6 is 22.9 Å². The fourth-order valence-corrected chi connectivity index (χ4v) is 8.39. The summed E-state index contributed by atoms with van der Waals surface area (Å²) in [5.74, 6) is 0.235. The summed E-state index contributed by atoms with van der Waals surface area (Å²) in [7, 11) is 1.53. The molecule has 6 aromatic rings. The van der Waals surface area contributed by atoms with Crippen molar-refractivity contribution in [3.8, 4) is 22.6 Å². The number of H-pyrrole nitrogens is 1. The number of aromatic amines is 1. The number of ether oxygens (including phenoxy) is 2. The number of carbonyl (C=O) groups excluding carboxylic acids is 2. The number of hydrogen-bond donors (Lipinski definition) is 6. The lowest BCUT2D eigenvalue weighted by Gasteiger charge is -2.31. The molecule has 0 radical (unpaired) electrons. The Labute approximate surface area is 332 Å². The molecule has 56 heavy (non-hydrogen) atoms. The van der Waals surface area contributed by atoms with E-state index in [4.69, 9.17) is 21.1 Å². The predicted molar refractivity (Wildman–Crippen MR) is 221 cm³/mol. The van der Waals surface area contributed by atoms with Gasteiger partial charge in [0.25, 0.3) is 0 Å². The van der Waals surface area contributed by atoms with Crippen molar-refractivity contribution in [2.45, 2.75) is 38.0 Å². The van der Waals surface area contributed by atoms with Crippen molar-refractivity contribution in [1.82, 2.24) is 15.2 Å². The zero-order chi connectivity index (χ0) is 39.2. The van der Waals surface area contributed by atoms with Crippen molar-refractivity contribution in [3.05, 3.63) is 117 Å². The number of aliphatic hydroxyl groups excluding tert-OH is 1. The number of aliphatic hydroxyl groups is 1. The van der Waals surface area contributed by atoms with Crippen LogP contribution in [0.15, 0.2) is 95.8 Å². The lowest BCUT2D eigenvalue weighted by molar-refractivity contribution is -0.116. The molecule has 3 heterocycles. The smallest absolute Gasteiger partial charge is 0.412 e. The van der Waals surface area contributed by atoms with Crippen LogP contribution in [-0.4, -0.2) is 71.5 Å². The first kappa shape index (κ1) is 38.8. The van der Waals surface area contributed by atoms with Crippen molar-refractivity contribution < 1.29 is 29.3 Å². The number of pyridine rings is 1. The minimum absolute atomic E-state index is 0.0801. The summed E-state index contributed by atoms with van der Waals surface area (Å²) < 4.78 is 12.5. The van der Waals surface area contributed by atoms with Gasteiger partial charge in [-0.3, -0.25) is 14.9 Å². The zero-order valence-electron chi connectivity index (χ0n) is 30.6. The number of halogens is 1. The first-order valence-corrected chi connectivity index (χ1v) is 19.5. The molecule has 1 fully saturated rings. The number of methoxy groups -OCH3 is 1. The van der Waals surface area contributed by atoms with Crippen LogP contribution in [0.25, 0.3) is 32.1 Å². The number of aromatic nitrogens is 1. The molecule has 12 nitrogen and oxygen atoms in total. The Morgan fingerprint density at radius 3 is 2.54 bits per heavy atom. The summed E-state index contributed by atoms with van der Waals surface area (Å²) in [5, 5.41) is 32.9. The maximum atomic E-state index is 13.1. The normalized spacial score (nSPS) is 14.1. The van der Waals surface area contributed by atoms with E-state index >= 15 is 0 Å². The van der Waals surface area contributed by atoms with Gasteiger partial charge in [0.05, 0.1) is 29.4 Å². The second kappa shape index (κ2) is 17.6. The number of amides is 2. The summed E-state index contributed by atoms with van der Waals surface area (Å²) in [6.45, 7) is 2.39. The number of anilines is 2. The Bertz CT molecular complexity index is 2410. The number of phenols is 1. The minimum Gasteiger partial charge on any atom is -0.506 e. The largest absolute Gasteiger partial charge is 0.506 e. The Morgan fingerprint density at radius 1 is 0.982 bits per heavy atom. The van der Waals surface area contributed by atoms with Gasteiger partial charge >= 0.3 is 6.09 Å². The first-order chi connectivity index (χ1) is 27.2. The molecule has 6 N–H and O–H groups in total. The number of thiophene rings is 1. The molecular weight excluding hydrogens is 754 g/mol. The van der Waals surface area contributed by atoms with Crippen LogP contribution in [0.4, 0.5) is 15.5 Å². The average molecular weight is 796 g/mol. The van der Waals surface area contributed by atoms with Gasteiger partial charge in [-0.1, -0.05) is 66.2 Å². The van der Waals surface area contributed by atoms with E-state index in [0.717, 1.165) is 31.8 Å². The molecular formula is C42H42ClN5O7S. The van der Waals surface area contributed by atoms with Crippen LogP contribution in [0.5, 0.6) is 11.5 Å². The van der Waals surface area contributed by atoms with Gasteiger partial charge in [0.2, 0.25) is 11.5 Å². The van der Waals surface area contributed by atoms with Crippen molar-refractivity contribution in [2.75, 3.05) is 43.9 Å². The number of nitrogens with one attached hydrogen (secondary N) is 4. The number of fused-ring (bicyclic) bond motifs is 2. The predicted octanol–water partition coefficient (Wildman–Crippen LogP) is 7.64. The molecule has 290 valence electrons. The standard InChI is InChI=1S/C42H42ClN5O7S/c1-54-35-22-32(31(43)21-26(35)23-44-24-34(50)28-11-13-33(49)40-29(28)12-14-37(51)46-40)45-38(52)17-20-48-18-15-27(16-19-48)55-42(53)47-41-39(25-7-3-2-4-8-25)30-9-5-6-10-36(30)56-41/h2-14,21-22,27,34,44,49-50H,15-20,23-24H2,1H3,(H,45,52)(H,46,51)(H,47,53). The average Bonchev–Trinajstić information content (AvgIpc) is 3.56. The first-order valence-electron chi connectivity index (χ1n) is 18.3. The highest BCUT2D eigenvalue weighted by Crippen LogP contribution is 2.43. The number of aromatic hydroxyl groups is 1. The van der Waals surface area contributed by atoms with Crippen LogP contribution in [-0.2, 0) is 16.1 Å². The summed E-state index contributed by atoms with van der Waals surface area (Å²) in [6.07, 6.45) is -0.0606. The number of carbonyl (C=O) groups is 2. The molecule has 2 amide bonds. The van der Waals surface area contributed by atoms with Gasteiger partial charge in [0.1, 0.15) is 22.6 Å². The van der Waals surface area contributed by atoms with E-state index in [1.54, 1.807) is 24.3 Å². The highest BCUT2D eigenvalue weighted by molar-refractivity contribution is 7.23. The van der Waals surface area contributed by atoms with Crippen LogP contribution in [0.1, 0.15) is 36.5 Å². The van der Waals surface area contributed by atoms with Crippen molar-refractivity contribution >= 4 is 66.6 Å².